The summed E-state index contributed by atoms with van der Waals surface area (Å²) in [6.45, 7) is 0.908. The Kier molecular flexibility index (Phi) is 4.09. The number of benzene rings is 1. The number of rotatable bonds is 3. The summed E-state index contributed by atoms with van der Waals surface area (Å²) in [5.74, 6) is -0.547. The third kappa shape index (κ3) is 3.40. The molecule has 96 valence electrons. The van der Waals surface area contributed by atoms with Gasteiger partial charge >= 0.3 is 5.97 Å². The Hall–Kier alpha value is -1.69. The van der Waals surface area contributed by atoms with Crippen LogP contribution < -0.4 is 10.6 Å². The summed E-state index contributed by atoms with van der Waals surface area (Å²) in [4.78, 5) is 11.2. The molecule has 0 bridgehead atoms. The van der Waals surface area contributed by atoms with E-state index in [2.05, 4.69) is 10.6 Å². The van der Waals surface area contributed by atoms with Crippen LogP contribution in [0, 0.1) is 5.82 Å². The average molecular weight is 268 g/mol. The number of thiocarbonyl (C=S) groups is 1. The van der Waals surface area contributed by atoms with Crippen LogP contribution in [-0.4, -0.2) is 23.7 Å². The van der Waals surface area contributed by atoms with Gasteiger partial charge in [-0.3, -0.25) is 0 Å². The monoisotopic (exact) mass is 268 g/mol. The van der Waals surface area contributed by atoms with Gasteiger partial charge in [-0.2, -0.15) is 0 Å². The van der Waals surface area contributed by atoms with E-state index in [1.807, 2.05) is 0 Å². The van der Waals surface area contributed by atoms with Crippen molar-refractivity contribution in [2.45, 2.75) is 19.0 Å². The van der Waals surface area contributed by atoms with Crippen LogP contribution in [0.2, 0.25) is 0 Å². The minimum absolute atomic E-state index is 0.270. The average Bonchev–Trinajstić information content (AvgIpc) is 2.74. The smallest absolute Gasteiger partial charge is 0.328 e. The van der Waals surface area contributed by atoms with E-state index < -0.39 is 0 Å². The summed E-state index contributed by atoms with van der Waals surface area (Å²) in [6, 6.07) is 5.77. The predicted molar refractivity (Wildman–Crippen MR) is 68.3 cm³/mol. The SMILES string of the molecule is O=C1OCC[C@@H]1NC(=S)NCc1ccc(F)cc1. The first-order valence-corrected chi connectivity index (χ1v) is 6.01. The van der Waals surface area contributed by atoms with E-state index in [1.165, 1.54) is 12.1 Å². The van der Waals surface area contributed by atoms with Gasteiger partial charge in [-0.1, -0.05) is 12.1 Å². The molecule has 4 nitrogen and oxygen atoms in total. The molecule has 0 radical (unpaired) electrons. The van der Waals surface area contributed by atoms with Crippen molar-refractivity contribution < 1.29 is 13.9 Å². The highest BCUT2D eigenvalue weighted by Gasteiger charge is 2.26. The molecule has 0 amide bonds. The molecule has 0 aromatic heterocycles. The molecule has 0 unspecified atom stereocenters. The molecule has 0 spiro atoms. The molecule has 0 saturated carbocycles. The first kappa shape index (κ1) is 12.8. The standard InChI is InChI=1S/C12H13FN2O2S/c13-9-3-1-8(2-4-9)7-14-12(18)15-10-5-6-17-11(10)16/h1-4,10H,5-7H2,(H2,14,15,18)/t10-/m0/s1. The van der Waals surface area contributed by atoms with E-state index in [9.17, 15) is 9.18 Å². The van der Waals surface area contributed by atoms with Gasteiger partial charge in [0.2, 0.25) is 0 Å². The third-order valence-electron chi connectivity index (χ3n) is 2.61. The zero-order valence-electron chi connectivity index (χ0n) is 9.61. The zero-order chi connectivity index (χ0) is 13.0. The van der Waals surface area contributed by atoms with Crippen LogP contribution in [0.3, 0.4) is 0 Å². The fraction of sp³-hybridized carbons (Fsp3) is 0.333. The molecular formula is C12H13FN2O2S. The number of cyclic esters (lactones) is 1. The van der Waals surface area contributed by atoms with Crippen molar-refractivity contribution in [3.8, 4) is 0 Å². The first-order valence-electron chi connectivity index (χ1n) is 5.60. The van der Waals surface area contributed by atoms with E-state index in [0.717, 1.165) is 5.56 Å². The molecule has 2 N–H and O–H groups in total. The van der Waals surface area contributed by atoms with Gasteiger partial charge in [-0.05, 0) is 29.9 Å². The number of carbonyl (C=O) groups excluding carboxylic acids is 1. The van der Waals surface area contributed by atoms with Crippen molar-refractivity contribution in [3.05, 3.63) is 35.6 Å². The minimum atomic E-state index is -0.363. The van der Waals surface area contributed by atoms with Crippen molar-refractivity contribution in [1.82, 2.24) is 10.6 Å². The second-order valence-corrected chi connectivity index (χ2v) is 4.37. The van der Waals surface area contributed by atoms with Crippen LogP contribution in [0.4, 0.5) is 4.39 Å². The van der Waals surface area contributed by atoms with Crippen LogP contribution >= 0.6 is 12.2 Å². The Morgan fingerprint density at radius 2 is 2.17 bits per heavy atom. The molecule has 1 fully saturated rings. The van der Waals surface area contributed by atoms with E-state index in [1.54, 1.807) is 12.1 Å². The van der Waals surface area contributed by atoms with Gasteiger partial charge in [-0.25, -0.2) is 9.18 Å². The number of halogens is 1. The Morgan fingerprint density at radius 3 is 2.78 bits per heavy atom. The summed E-state index contributed by atoms with van der Waals surface area (Å²) >= 11 is 5.06. The Balaban J connectivity index is 1.78. The van der Waals surface area contributed by atoms with Crippen LogP contribution in [-0.2, 0) is 16.1 Å². The first-order chi connectivity index (χ1) is 8.65. The van der Waals surface area contributed by atoms with Gasteiger partial charge in [0, 0.05) is 13.0 Å². The normalized spacial score (nSPS) is 18.3. The van der Waals surface area contributed by atoms with Crippen molar-refractivity contribution in [3.63, 3.8) is 0 Å². The largest absolute Gasteiger partial charge is 0.464 e. The summed E-state index contributed by atoms with van der Waals surface area (Å²) in [5, 5.41) is 6.23. The lowest BCUT2D eigenvalue weighted by Crippen LogP contribution is -2.43. The molecule has 1 atom stereocenters. The second kappa shape index (κ2) is 5.77. The quantitative estimate of drug-likeness (QED) is 0.635. The van der Waals surface area contributed by atoms with E-state index in [0.29, 0.717) is 24.7 Å². The maximum Gasteiger partial charge on any atom is 0.328 e. The number of nitrogens with one attached hydrogen (secondary N) is 2. The van der Waals surface area contributed by atoms with Gasteiger partial charge in [0.1, 0.15) is 11.9 Å². The van der Waals surface area contributed by atoms with Gasteiger partial charge < -0.3 is 15.4 Å². The molecule has 1 aromatic rings. The fourth-order valence-corrected chi connectivity index (χ4v) is 1.84. The minimum Gasteiger partial charge on any atom is -0.464 e. The summed E-state index contributed by atoms with van der Waals surface area (Å²) in [5.41, 5.74) is 0.912. The number of hydrogen-bond donors (Lipinski definition) is 2. The van der Waals surface area contributed by atoms with Crippen molar-refractivity contribution >= 4 is 23.3 Å². The predicted octanol–water partition coefficient (Wildman–Crippen LogP) is 1.11. The highest BCUT2D eigenvalue weighted by molar-refractivity contribution is 7.80. The zero-order valence-corrected chi connectivity index (χ0v) is 10.4. The van der Waals surface area contributed by atoms with Crippen LogP contribution in [0.15, 0.2) is 24.3 Å². The van der Waals surface area contributed by atoms with Crippen molar-refractivity contribution in [1.29, 1.82) is 0 Å². The highest BCUT2D eigenvalue weighted by Crippen LogP contribution is 2.05. The highest BCUT2D eigenvalue weighted by atomic mass is 32.1. The van der Waals surface area contributed by atoms with Crippen LogP contribution in [0.1, 0.15) is 12.0 Å². The molecule has 1 heterocycles. The van der Waals surface area contributed by atoms with E-state index in [-0.39, 0.29) is 17.8 Å². The van der Waals surface area contributed by atoms with E-state index in [4.69, 9.17) is 17.0 Å². The summed E-state index contributed by atoms with van der Waals surface area (Å²) in [7, 11) is 0. The molecule has 6 heteroatoms. The lowest BCUT2D eigenvalue weighted by Gasteiger charge is -2.13. The summed E-state index contributed by atoms with van der Waals surface area (Å²) in [6.07, 6.45) is 0.622. The number of carbonyl (C=O) groups is 1. The molecule has 1 saturated heterocycles. The molecule has 1 aromatic carbocycles. The lowest BCUT2D eigenvalue weighted by atomic mass is 10.2. The molecular weight excluding hydrogens is 255 g/mol. The van der Waals surface area contributed by atoms with Crippen molar-refractivity contribution in [2.75, 3.05) is 6.61 Å². The van der Waals surface area contributed by atoms with Gasteiger partial charge in [0.15, 0.2) is 5.11 Å². The maximum absolute atomic E-state index is 12.7. The molecule has 1 aliphatic heterocycles. The Labute approximate surface area is 110 Å². The molecule has 0 aliphatic carbocycles. The number of hydrogen-bond acceptors (Lipinski definition) is 3. The van der Waals surface area contributed by atoms with E-state index >= 15 is 0 Å². The number of ether oxygens (including phenoxy) is 1. The molecule has 1 aliphatic rings. The lowest BCUT2D eigenvalue weighted by molar-refractivity contribution is -0.139. The van der Waals surface area contributed by atoms with Crippen molar-refractivity contribution in [2.24, 2.45) is 0 Å². The van der Waals surface area contributed by atoms with Crippen LogP contribution in [0.25, 0.3) is 0 Å². The van der Waals surface area contributed by atoms with Gasteiger partial charge in [-0.15, -0.1) is 0 Å². The topological polar surface area (TPSA) is 50.4 Å². The van der Waals surface area contributed by atoms with Gasteiger partial charge in [0.05, 0.1) is 6.61 Å². The maximum atomic E-state index is 12.7. The Bertz CT molecular complexity index is 450. The number of esters is 1. The fourth-order valence-electron chi connectivity index (χ4n) is 1.62. The van der Waals surface area contributed by atoms with Crippen LogP contribution in [0.5, 0.6) is 0 Å². The second-order valence-electron chi connectivity index (χ2n) is 3.96. The Morgan fingerprint density at radius 1 is 1.44 bits per heavy atom. The summed E-state index contributed by atoms with van der Waals surface area (Å²) < 4.78 is 17.5. The third-order valence-corrected chi connectivity index (χ3v) is 2.87. The molecule has 18 heavy (non-hydrogen) atoms. The molecule has 2 rings (SSSR count). The van der Waals surface area contributed by atoms with Gasteiger partial charge in [0.25, 0.3) is 0 Å².